The average molecular weight is 1070 g/mol. The molecule has 0 aromatic carbocycles. The van der Waals surface area contributed by atoms with Crippen molar-refractivity contribution in [3.63, 3.8) is 0 Å². The number of unbranched alkanes of at least 4 members (excludes halogenated alkanes) is 32. The van der Waals surface area contributed by atoms with Crippen LogP contribution < -0.4 is 0 Å². The van der Waals surface area contributed by atoms with Gasteiger partial charge in [-0.1, -0.05) is 262 Å². The Labute approximate surface area is 453 Å². The van der Waals surface area contributed by atoms with E-state index in [2.05, 4.69) is 69.4 Å². The van der Waals surface area contributed by atoms with Crippen LogP contribution in [0.25, 0.3) is 0 Å². The molecule has 0 aliphatic carbocycles. The Morgan fingerprint density at radius 3 is 1.08 bits per heavy atom. The Bertz CT molecular complexity index is 1430. The van der Waals surface area contributed by atoms with Crippen LogP contribution in [-0.4, -0.2) is 66.5 Å². The number of hydrogen-bond donors (Lipinski definition) is 2. The SMILES string of the molecule is CC/C=C\C/C=C\C/C=C\C/C=C\CCCCC(=O)OC(COC(=O)CCCCCCCCCCCCCCCCCCCCC)COP(=O)(O)OCC(CO)OC(=O)CCCCCCCCCCCCCCC. The third-order valence-corrected chi connectivity index (χ3v) is 14.2. The lowest BCUT2D eigenvalue weighted by atomic mass is 10.0. The van der Waals surface area contributed by atoms with Crippen molar-refractivity contribution >= 4 is 25.7 Å². The molecule has 0 saturated carbocycles. The van der Waals surface area contributed by atoms with Crippen LogP contribution >= 0.6 is 7.82 Å². The van der Waals surface area contributed by atoms with E-state index in [1.54, 1.807) is 0 Å². The molecule has 3 unspecified atom stereocenters. The third-order valence-electron chi connectivity index (χ3n) is 13.3. The number of carbonyl (C=O) groups is 3. The van der Waals surface area contributed by atoms with E-state index in [0.717, 1.165) is 77.0 Å². The van der Waals surface area contributed by atoms with Crippen LogP contribution in [-0.2, 0) is 42.2 Å². The summed E-state index contributed by atoms with van der Waals surface area (Å²) in [4.78, 5) is 48.6. The molecule has 432 valence electrons. The van der Waals surface area contributed by atoms with Gasteiger partial charge in [0.05, 0.1) is 19.8 Å². The highest BCUT2D eigenvalue weighted by molar-refractivity contribution is 7.47. The molecule has 2 N–H and O–H groups in total. The molecule has 0 saturated heterocycles. The van der Waals surface area contributed by atoms with Crippen molar-refractivity contribution in [2.45, 2.75) is 303 Å². The molecule has 0 bridgehead atoms. The van der Waals surface area contributed by atoms with Crippen LogP contribution in [0.15, 0.2) is 48.6 Å². The van der Waals surface area contributed by atoms with Crippen LogP contribution in [0.5, 0.6) is 0 Å². The van der Waals surface area contributed by atoms with E-state index in [1.807, 2.05) is 0 Å². The number of carbonyl (C=O) groups excluding carboxylic acids is 3. The minimum Gasteiger partial charge on any atom is -0.462 e. The Balaban J connectivity index is 4.70. The predicted octanol–water partition coefficient (Wildman–Crippen LogP) is 18.1. The highest BCUT2D eigenvalue weighted by atomic mass is 31.2. The Morgan fingerprint density at radius 2 is 0.703 bits per heavy atom. The fourth-order valence-corrected chi connectivity index (χ4v) is 9.43. The number of allylic oxidation sites excluding steroid dienone is 8. The van der Waals surface area contributed by atoms with Crippen molar-refractivity contribution in [3.8, 4) is 0 Å². The minimum absolute atomic E-state index is 0.119. The summed E-state index contributed by atoms with van der Waals surface area (Å²) in [6.45, 7) is 4.53. The quantitative estimate of drug-likeness (QED) is 0.0197. The molecular weight excluding hydrogens is 952 g/mol. The molecule has 0 amide bonds. The van der Waals surface area contributed by atoms with Crippen molar-refractivity contribution in [2.24, 2.45) is 0 Å². The van der Waals surface area contributed by atoms with E-state index in [9.17, 15) is 28.9 Å². The van der Waals surface area contributed by atoms with Gasteiger partial charge in [0.1, 0.15) is 12.7 Å². The zero-order valence-electron chi connectivity index (χ0n) is 47.8. The number of esters is 3. The standard InChI is InChI=1S/C62H113O11P/c1-4-7-10-13-16-19-22-25-27-28-29-30-32-34-36-39-42-45-48-51-60(64)69-55-59(73-62(66)53-50-47-44-41-38-35-31-26-23-20-17-14-11-8-5-2)57-71-74(67,68)70-56-58(54-63)72-61(65)52-49-46-43-40-37-33-24-21-18-15-12-9-6-3/h8,11,17,20,26,31,38,41,58-59,63H,4-7,9-10,12-16,18-19,21-25,27-30,32-37,39-40,42-57H2,1-3H3,(H,67,68)/b11-8-,20-17-,31-26-,41-38-. The number of aliphatic hydroxyl groups excluding tert-OH is 1. The maximum Gasteiger partial charge on any atom is 0.472 e. The second-order valence-electron chi connectivity index (χ2n) is 20.5. The van der Waals surface area contributed by atoms with E-state index in [-0.39, 0.29) is 25.9 Å². The molecule has 3 atom stereocenters. The van der Waals surface area contributed by atoms with Crippen molar-refractivity contribution in [1.82, 2.24) is 0 Å². The number of rotatable bonds is 57. The summed E-state index contributed by atoms with van der Waals surface area (Å²) in [5.74, 6) is -1.49. The molecule has 11 nitrogen and oxygen atoms in total. The number of phosphoric ester groups is 1. The molecule has 0 aromatic rings. The van der Waals surface area contributed by atoms with Crippen LogP contribution in [0.1, 0.15) is 290 Å². The van der Waals surface area contributed by atoms with Crippen LogP contribution in [0.3, 0.4) is 0 Å². The molecule has 0 aliphatic rings. The molecule has 74 heavy (non-hydrogen) atoms. The second-order valence-corrected chi connectivity index (χ2v) is 22.0. The highest BCUT2D eigenvalue weighted by Gasteiger charge is 2.28. The lowest BCUT2D eigenvalue weighted by Gasteiger charge is -2.21. The summed E-state index contributed by atoms with van der Waals surface area (Å²) in [5, 5.41) is 9.82. The van der Waals surface area contributed by atoms with Gasteiger partial charge in [-0.15, -0.1) is 0 Å². The molecule has 12 heteroatoms. The predicted molar refractivity (Wildman–Crippen MR) is 307 cm³/mol. The first-order chi connectivity index (χ1) is 36.2. The minimum atomic E-state index is -4.75. The molecule has 0 fully saturated rings. The van der Waals surface area contributed by atoms with Gasteiger partial charge in [0, 0.05) is 19.3 Å². The third kappa shape index (κ3) is 54.2. The lowest BCUT2D eigenvalue weighted by molar-refractivity contribution is -0.161. The van der Waals surface area contributed by atoms with E-state index in [0.29, 0.717) is 19.3 Å². The molecule has 0 radical (unpaired) electrons. The molecule has 0 rings (SSSR count). The summed E-state index contributed by atoms with van der Waals surface area (Å²) >= 11 is 0. The van der Waals surface area contributed by atoms with Gasteiger partial charge in [-0.25, -0.2) is 4.57 Å². The fraction of sp³-hybridized carbons (Fsp3) is 0.823. The first-order valence-electron chi connectivity index (χ1n) is 30.5. The van der Waals surface area contributed by atoms with Gasteiger partial charge < -0.3 is 24.2 Å². The number of ether oxygens (including phenoxy) is 3. The van der Waals surface area contributed by atoms with E-state index >= 15 is 0 Å². The summed E-state index contributed by atoms with van der Waals surface area (Å²) in [7, 11) is -4.75. The van der Waals surface area contributed by atoms with Gasteiger partial charge in [-0.2, -0.15) is 0 Å². The highest BCUT2D eigenvalue weighted by Crippen LogP contribution is 2.43. The smallest absolute Gasteiger partial charge is 0.462 e. The van der Waals surface area contributed by atoms with Crippen LogP contribution in [0.4, 0.5) is 0 Å². The maximum absolute atomic E-state index is 12.9. The number of aliphatic hydroxyl groups is 1. The number of hydrogen-bond acceptors (Lipinski definition) is 10. The lowest BCUT2D eigenvalue weighted by Crippen LogP contribution is -2.30. The largest absolute Gasteiger partial charge is 0.472 e. The molecule has 0 heterocycles. The van der Waals surface area contributed by atoms with E-state index in [1.165, 1.54) is 154 Å². The van der Waals surface area contributed by atoms with E-state index in [4.69, 9.17) is 23.3 Å². The molecular formula is C62H113O11P. The summed E-state index contributed by atoms with van der Waals surface area (Å²) in [6, 6.07) is 0. The monoisotopic (exact) mass is 1060 g/mol. The summed E-state index contributed by atoms with van der Waals surface area (Å²) in [6.07, 6.45) is 60.8. The maximum atomic E-state index is 12.9. The van der Waals surface area contributed by atoms with Gasteiger partial charge in [-0.05, 0) is 57.8 Å². The second kappa shape index (κ2) is 56.6. The number of phosphoric acid groups is 1. The van der Waals surface area contributed by atoms with Gasteiger partial charge in [0.2, 0.25) is 0 Å². The molecule has 0 aliphatic heterocycles. The van der Waals surface area contributed by atoms with Gasteiger partial charge in [0.25, 0.3) is 0 Å². The van der Waals surface area contributed by atoms with Crippen molar-refractivity contribution < 1.29 is 52.2 Å². The Kier molecular flexibility index (Phi) is 54.7. The van der Waals surface area contributed by atoms with Gasteiger partial charge >= 0.3 is 25.7 Å². The van der Waals surface area contributed by atoms with Gasteiger partial charge in [0.15, 0.2) is 6.10 Å². The summed E-state index contributed by atoms with van der Waals surface area (Å²) in [5.41, 5.74) is 0. The first kappa shape index (κ1) is 71.4. The average Bonchev–Trinajstić information content (AvgIpc) is 3.39. The van der Waals surface area contributed by atoms with Crippen LogP contribution in [0, 0.1) is 0 Å². The molecule has 0 aromatic heterocycles. The first-order valence-corrected chi connectivity index (χ1v) is 32.0. The topological polar surface area (TPSA) is 155 Å². The summed E-state index contributed by atoms with van der Waals surface area (Å²) < 4.78 is 39.5. The van der Waals surface area contributed by atoms with Crippen molar-refractivity contribution in [2.75, 3.05) is 26.4 Å². The fourth-order valence-electron chi connectivity index (χ4n) is 8.64. The Morgan fingerprint density at radius 1 is 0.392 bits per heavy atom. The van der Waals surface area contributed by atoms with Gasteiger partial charge in [-0.3, -0.25) is 23.4 Å². The van der Waals surface area contributed by atoms with E-state index < -0.39 is 57.8 Å². The normalized spacial score (nSPS) is 13.6. The van der Waals surface area contributed by atoms with Crippen LogP contribution in [0.2, 0.25) is 0 Å². The Hall–Kier alpha value is -2.56. The zero-order chi connectivity index (χ0) is 54.1. The zero-order valence-corrected chi connectivity index (χ0v) is 48.7. The molecule has 0 spiro atoms. The van der Waals surface area contributed by atoms with Crippen molar-refractivity contribution in [3.05, 3.63) is 48.6 Å². The van der Waals surface area contributed by atoms with Crippen molar-refractivity contribution in [1.29, 1.82) is 0 Å².